The van der Waals surface area contributed by atoms with Gasteiger partial charge in [0.1, 0.15) is 11.6 Å². The summed E-state index contributed by atoms with van der Waals surface area (Å²) in [5, 5.41) is 3.13. The summed E-state index contributed by atoms with van der Waals surface area (Å²) in [5.41, 5.74) is 2.60. The first kappa shape index (κ1) is 13.5. The van der Waals surface area contributed by atoms with Gasteiger partial charge < -0.3 is 4.57 Å². The van der Waals surface area contributed by atoms with Crippen molar-refractivity contribution in [3.63, 3.8) is 0 Å². The highest BCUT2D eigenvalue weighted by molar-refractivity contribution is 7.09. The fourth-order valence-electron chi connectivity index (χ4n) is 2.23. The van der Waals surface area contributed by atoms with Gasteiger partial charge in [-0.3, -0.25) is 0 Å². The van der Waals surface area contributed by atoms with Gasteiger partial charge in [-0.05, 0) is 19.1 Å². The number of benzene rings is 1. The molecule has 104 valence electrons. The maximum absolute atomic E-state index is 13.2. The predicted octanol–water partition coefficient (Wildman–Crippen LogP) is 3.92. The molecule has 0 amide bonds. The molecule has 0 atom stereocenters. The summed E-state index contributed by atoms with van der Waals surface area (Å²) in [5.74, 6) is 0.798. The lowest BCUT2D eigenvalue weighted by atomic mass is 10.3. The van der Waals surface area contributed by atoms with Gasteiger partial charge in [0, 0.05) is 30.1 Å². The molecule has 3 rings (SSSR count). The molecule has 0 spiro atoms. The molecule has 6 heteroatoms. The standard InChI is InChI=1S/C14H13ClFN3S/c1-9-8-20-14(17-9)4-5-19-12-3-2-10(16)6-11(12)18-13(19)7-15/h2-3,6,8H,4-5,7H2,1H3. The lowest BCUT2D eigenvalue weighted by molar-refractivity contribution is 0.629. The molecule has 0 unspecified atom stereocenters. The first-order valence-corrected chi connectivity index (χ1v) is 7.70. The van der Waals surface area contributed by atoms with Gasteiger partial charge in [-0.1, -0.05) is 0 Å². The second kappa shape index (κ2) is 5.50. The molecule has 0 aliphatic heterocycles. The molecule has 1 aromatic carbocycles. The average molecular weight is 310 g/mol. The number of hydrogen-bond acceptors (Lipinski definition) is 3. The highest BCUT2D eigenvalue weighted by Crippen LogP contribution is 2.20. The molecule has 0 radical (unpaired) electrons. The van der Waals surface area contributed by atoms with Crippen LogP contribution in [0.4, 0.5) is 4.39 Å². The Labute approximate surface area is 125 Å². The van der Waals surface area contributed by atoms with Crippen LogP contribution in [0.2, 0.25) is 0 Å². The van der Waals surface area contributed by atoms with Crippen molar-refractivity contribution in [2.24, 2.45) is 0 Å². The van der Waals surface area contributed by atoms with Crippen LogP contribution in [0.25, 0.3) is 11.0 Å². The fraction of sp³-hybridized carbons (Fsp3) is 0.286. The minimum atomic E-state index is -0.279. The van der Waals surface area contributed by atoms with Gasteiger partial charge in [-0.15, -0.1) is 22.9 Å². The molecule has 0 aliphatic carbocycles. The number of rotatable bonds is 4. The number of aromatic nitrogens is 3. The maximum Gasteiger partial charge on any atom is 0.125 e. The Morgan fingerprint density at radius 3 is 2.90 bits per heavy atom. The van der Waals surface area contributed by atoms with Gasteiger partial charge in [-0.2, -0.15) is 0 Å². The number of nitrogens with zero attached hydrogens (tertiary/aromatic N) is 3. The Balaban J connectivity index is 1.93. The Kier molecular flexibility index (Phi) is 3.72. The van der Waals surface area contributed by atoms with Crippen molar-refractivity contribution in [1.29, 1.82) is 0 Å². The second-order valence-electron chi connectivity index (χ2n) is 4.58. The highest BCUT2D eigenvalue weighted by Gasteiger charge is 2.11. The van der Waals surface area contributed by atoms with Crippen LogP contribution in [0.5, 0.6) is 0 Å². The number of imidazole rings is 1. The van der Waals surface area contributed by atoms with Crippen LogP contribution in [-0.4, -0.2) is 14.5 Å². The number of hydrogen-bond donors (Lipinski definition) is 0. The van der Waals surface area contributed by atoms with Crippen LogP contribution >= 0.6 is 22.9 Å². The van der Waals surface area contributed by atoms with E-state index in [1.165, 1.54) is 12.1 Å². The average Bonchev–Trinajstić information content (AvgIpc) is 2.99. The van der Waals surface area contributed by atoms with Crippen molar-refractivity contribution in [3.05, 3.63) is 45.9 Å². The van der Waals surface area contributed by atoms with E-state index in [0.29, 0.717) is 11.4 Å². The van der Waals surface area contributed by atoms with E-state index in [2.05, 4.69) is 9.97 Å². The molecule has 0 saturated carbocycles. The number of alkyl halides is 1. The third kappa shape index (κ3) is 2.55. The first-order chi connectivity index (χ1) is 9.67. The van der Waals surface area contributed by atoms with Gasteiger partial charge in [-0.25, -0.2) is 14.4 Å². The SMILES string of the molecule is Cc1csc(CCn2c(CCl)nc3cc(F)ccc32)n1. The van der Waals surface area contributed by atoms with Crippen LogP contribution in [0.3, 0.4) is 0 Å². The monoisotopic (exact) mass is 309 g/mol. The third-order valence-electron chi connectivity index (χ3n) is 3.12. The summed E-state index contributed by atoms with van der Waals surface area (Å²) in [6.07, 6.45) is 0.825. The molecule has 0 aliphatic rings. The topological polar surface area (TPSA) is 30.7 Å². The lowest BCUT2D eigenvalue weighted by Gasteiger charge is -2.06. The van der Waals surface area contributed by atoms with Crippen molar-refractivity contribution < 1.29 is 4.39 Å². The van der Waals surface area contributed by atoms with Gasteiger partial charge in [0.05, 0.1) is 21.9 Å². The Morgan fingerprint density at radius 2 is 2.20 bits per heavy atom. The maximum atomic E-state index is 13.2. The Hall–Kier alpha value is -1.46. The minimum Gasteiger partial charge on any atom is -0.327 e. The molecule has 2 aromatic heterocycles. The van der Waals surface area contributed by atoms with Crippen LogP contribution in [0.1, 0.15) is 16.5 Å². The van der Waals surface area contributed by atoms with E-state index in [0.717, 1.165) is 35.0 Å². The summed E-state index contributed by atoms with van der Waals surface area (Å²) < 4.78 is 15.3. The van der Waals surface area contributed by atoms with E-state index in [1.54, 1.807) is 17.4 Å². The predicted molar refractivity (Wildman–Crippen MR) is 79.8 cm³/mol. The number of thiazole rings is 1. The summed E-state index contributed by atoms with van der Waals surface area (Å²) in [4.78, 5) is 8.84. The summed E-state index contributed by atoms with van der Waals surface area (Å²) in [6.45, 7) is 2.73. The minimum absolute atomic E-state index is 0.279. The van der Waals surface area contributed by atoms with Gasteiger partial charge >= 0.3 is 0 Å². The molecular formula is C14H13ClFN3S. The molecule has 0 fully saturated rings. The summed E-state index contributed by atoms with van der Waals surface area (Å²) in [7, 11) is 0. The number of aryl methyl sites for hydroxylation is 3. The highest BCUT2D eigenvalue weighted by atomic mass is 35.5. The van der Waals surface area contributed by atoms with Crippen molar-refractivity contribution in [2.75, 3.05) is 0 Å². The second-order valence-corrected chi connectivity index (χ2v) is 5.79. The Morgan fingerprint density at radius 1 is 1.35 bits per heavy atom. The van der Waals surface area contributed by atoms with Crippen LogP contribution in [-0.2, 0) is 18.8 Å². The molecular weight excluding hydrogens is 297 g/mol. The van der Waals surface area contributed by atoms with E-state index in [9.17, 15) is 4.39 Å². The van der Waals surface area contributed by atoms with Crippen molar-refractivity contribution in [1.82, 2.24) is 14.5 Å². The molecule has 0 saturated heterocycles. The van der Waals surface area contributed by atoms with Gasteiger partial charge in [0.2, 0.25) is 0 Å². The quantitative estimate of drug-likeness (QED) is 0.684. The largest absolute Gasteiger partial charge is 0.327 e. The summed E-state index contributed by atoms with van der Waals surface area (Å²) in [6, 6.07) is 4.64. The van der Waals surface area contributed by atoms with Crippen LogP contribution < -0.4 is 0 Å². The van der Waals surface area contributed by atoms with E-state index < -0.39 is 0 Å². The van der Waals surface area contributed by atoms with E-state index >= 15 is 0 Å². The van der Waals surface area contributed by atoms with E-state index in [-0.39, 0.29) is 5.82 Å². The first-order valence-electron chi connectivity index (χ1n) is 6.29. The van der Waals surface area contributed by atoms with Gasteiger partial charge in [0.25, 0.3) is 0 Å². The van der Waals surface area contributed by atoms with Crippen molar-refractivity contribution >= 4 is 34.0 Å². The van der Waals surface area contributed by atoms with Crippen LogP contribution in [0, 0.1) is 12.7 Å². The molecule has 0 bridgehead atoms. The fourth-order valence-corrected chi connectivity index (χ4v) is 3.20. The molecule has 0 N–H and O–H groups in total. The van der Waals surface area contributed by atoms with Crippen molar-refractivity contribution in [3.8, 4) is 0 Å². The Bertz CT molecular complexity index is 750. The molecule has 3 aromatic rings. The zero-order valence-corrected chi connectivity index (χ0v) is 12.5. The van der Waals surface area contributed by atoms with Gasteiger partial charge in [0.15, 0.2) is 0 Å². The lowest BCUT2D eigenvalue weighted by Crippen LogP contribution is -2.05. The molecule has 2 heterocycles. The number of fused-ring (bicyclic) bond motifs is 1. The van der Waals surface area contributed by atoms with Crippen molar-refractivity contribution in [2.45, 2.75) is 25.8 Å². The molecule has 3 nitrogen and oxygen atoms in total. The molecule has 20 heavy (non-hydrogen) atoms. The zero-order valence-electron chi connectivity index (χ0n) is 10.9. The zero-order chi connectivity index (χ0) is 14.1. The van der Waals surface area contributed by atoms with E-state index in [4.69, 9.17) is 11.6 Å². The number of halogens is 2. The normalized spacial score (nSPS) is 11.3. The van der Waals surface area contributed by atoms with Crippen LogP contribution in [0.15, 0.2) is 23.6 Å². The van der Waals surface area contributed by atoms with E-state index in [1.807, 2.05) is 16.9 Å². The summed E-state index contributed by atoms with van der Waals surface area (Å²) >= 11 is 7.59. The third-order valence-corrected chi connectivity index (χ3v) is 4.39. The smallest absolute Gasteiger partial charge is 0.125 e.